The fourth-order valence-corrected chi connectivity index (χ4v) is 4.63. The lowest BCUT2D eigenvalue weighted by Gasteiger charge is -2.13. The van der Waals surface area contributed by atoms with E-state index in [1.165, 1.54) is 51.5 Å². The first kappa shape index (κ1) is 24.3. The molecule has 3 aromatic rings. The van der Waals surface area contributed by atoms with Gasteiger partial charge in [-0.05, 0) is 35.4 Å². The highest BCUT2D eigenvalue weighted by molar-refractivity contribution is 8.00. The standard InChI is InChI=1S/C22H23N3O6S2/c1-28-16-9-14(10-17(29-2)19(16)30-3)11-18(26)23-21-24-25-22(33-21)32-12-13-5-7-15(8-6-13)20(27)31-4/h5-10H,11-12H2,1-4H3,(H,23,24,26). The fraction of sp³-hybridized carbons (Fsp3) is 0.273. The highest BCUT2D eigenvalue weighted by Gasteiger charge is 2.16. The van der Waals surface area contributed by atoms with Gasteiger partial charge in [-0.2, -0.15) is 0 Å². The summed E-state index contributed by atoms with van der Waals surface area (Å²) in [7, 11) is 5.92. The molecule has 2 aromatic carbocycles. The summed E-state index contributed by atoms with van der Waals surface area (Å²) in [5.74, 6) is 1.47. The van der Waals surface area contributed by atoms with E-state index in [-0.39, 0.29) is 18.3 Å². The summed E-state index contributed by atoms with van der Waals surface area (Å²) in [6.07, 6.45) is 0.102. The zero-order chi connectivity index (χ0) is 23.8. The largest absolute Gasteiger partial charge is 0.493 e. The van der Waals surface area contributed by atoms with Gasteiger partial charge in [-0.3, -0.25) is 4.79 Å². The molecule has 1 N–H and O–H groups in total. The van der Waals surface area contributed by atoms with E-state index in [0.29, 0.717) is 39.3 Å². The van der Waals surface area contributed by atoms with Crippen LogP contribution in [0.4, 0.5) is 5.13 Å². The van der Waals surface area contributed by atoms with Crippen LogP contribution in [0.1, 0.15) is 21.5 Å². The summed E-state index contributed by atoms with van der Waals surface area (Å²) in [6, 6.07) is 10.6. The maximum Gasteiger partial charge on any atom is 0.337 e. The minimum absolute atomic E-state index is 0.102. The van der Waals surface area contributed by atoms with E-state index in [9.17, 15) is 9.59 Å². The Morgan fingerprint density at radius 1 is 0.939 bits per heavy atom. The molecular weight excluding hydrogens is 466 g/mol. The molecular formula is C22H23N3O6S2. The second-order valence-electron chi connectivity index (χ2n) is 6.61. The van der Waals surface area contributed by atoms with Crippen LogP contribution >= 0.6 is 23.1 Å². The van der Waals surface area contributed by atoms with Crippen molar-refractivity contribution in [2.45, 2.75) is 16.5 Å². The summed E-state index contributed by atoms with van der Waals surface area (Å²) in [6.45, 7) is 0. The maximum absolute atomic E-state index is 12.5. The van der Waals surface area contributed by atoms with Crippen molar-refractivity contribution < 1.29 is 28.5 Å². The molecule has 0 saturated carbocycles. The first-order valence-corrected chi connectivity index (χ1v) is 11.5. The van der Waals surface area contributed by atoms with E-state index >= 15 is 0 Å². The third-order valence-corrected chi connectivity index (χ3v) is 6.52. The van der Waals surface area contributed by atoms with Gasteiger partial charge >= 0.3 is 5.97 Å². The van der Waals surface area contributed by atoms with Gasteiger partial charge in [0, 0.05) is 5.75 Å². The van der Waals surface area contributed by atoms with Gasteiger partial charge < -0.3 is 24.3 Å². The van der Waals surface area contributed by atoms with Crippen LogP contribution in [-0.2, 0) is 21.7 Å². The quantitative estimate of drug-likeness (QED) is 0.258. The van der Waals surface area contributed by atoms with Crippen molar-refractivity contribution in [3.8, 4) is 17.2 Å². The minimum atomic E-state index is -0.370. The number of hydrogen-bond donors (Lipinski definition) is 1. The van der Waals surface area contributed by atoms with Crippen molar-refractivity contribution in [1.82, 2.24) is 10.2 Å². The van der Waals surface area contributed by atoms with Gasteiger partial charge in [-0.15, -0.1) is 10.2 Å². The van der Waals surface area contributed by atoms with E-state index in [1.807, 2.05) is 12.1 Å². The number of methoxy groups -OCH3 is 4. The van der Waals surface area contributed by atoms with E-state index < -0.39 is 0 Å². The molecule has 1 aromatic heterocycles. The Labute approximate surface area is 199 Å². The fourth-order valence-electron chi connectivity index (χ4n) is 2.90. The number of amides is 1. The van der Waals surface area contributed by atoms with E-state index in [4.69, 9.17) is 18.9 Å². The second kappa shape index (κ2) is 11.5. The molecule has 0 bridgehead atoms. The lowest BCUT2D eigenvalue weighted by molar-refractivity contribution is -0.115. The Kier molecular flexibility index (Phi) is 8.50. The molecule has 0 aliphatic carbocycles. The number of carbonyl (C=O) groups excluding carboxylic acids is 2. The van der Waals surface area contributed by atoms with Crippen molar-refractivity contribution in [2.24, 2.45) is 0 Å². The Morgan fingerprint density at radius 3 is 2.18 bits per heavy atom. The van der Waals surface area contributed by atoms with Gasteiger partial charge in [-0.1, -0.05) is 35.2 Å². The van der Waals surface area contributed by atoms with Crippen LogP contribution in [0.2, 0.25) is 0 Å². The van der Waals surface area contributed by atoms with Gasteiger partial charge in [0.2, 0.25) is 16.8 Å². The summed E-state index contributed by atoms with van der Waals surface area (Å²) in [5.41, 5.74) is 2.23. The monoisotopic (exact) mass is 489 g/mol. The van der Waals surface area contributed by atoms with Crippen LogP contribution in [0.15, 0.2) is 40.7 Å². The van der Waals surface area contributed by atoms with Crippen molar-refractivity contribution in [2.75, 3.05) is 33.8 Å². The molecule has 0 spiro atoms. The second-order valence-corrected chi connectivity index (χ2v) is 8.81. The molecule has 0 unspecified atom stereocenters. The summed E-state index contributed by atoms with van der Waals surface area (Å²) >= 11 is 2.78. The number of ether oxygens (including phenoxy) is 4. The molecule has 1 amide bonds. The average molecular weight is 490 g/mol. The predicted molar refractivity (Wildman–Crippen MR) is 126 cm³/mol. The number of nitrogens with zero attached hydrogens (tertiary/aromatic N) is 2. The van der Waals surface area contributed by atoms with Crippen LogP contribution in [0.25, 0.3) is 0 Å². The van der Waals surface area contributed by atoms with Crippen molar-refractivity contribution in [3.63, 3.8) is 0 Å². The minimum Gasteiger partial charge on any atom is -0.493 e. The highest BCUT2D eigenvalue weighted by Crippen LogP contribution is 2.38. The number of esters is 1. The summed E-state index contributed by atoms with van der Waals surface area (Å²) in [4.78, 5) is 24.0. The number of hydrogen-bond acceptors (Lipinski definition) is 10. The van der Waals surface area contributed by atoms with Gasteiger partial charge in [0.1, 0.15) is 0 Å². The Bertz CT molecular complexity index is 1090. The van der Waals surface area contributed by atoms with Gasteiger partial charge in [0.05, 0.1) is 40.4 Å². The molecule has 0 fully saturated rings. The van der Waals surface area contributed by atoms with E-state index in [1.54, 1.807) is 24.3 Å². The topological polar surface area (TPSA) is 109 Å². The molecule has 9 nitrogen and oxygen atoms in total. The Morgan fingerprint density at radius 2 is 1.61 bits per heavy atom. The Hall–Kier alpha value is -3.31. The van der Waals surface area contributed by atoms with Crippen molar-refractivity contribution in [1.29, 1.82) is 0 Å². The average Bonchev–Trinajstić information content (AvgIpc) is 3.28. The molecule has 33 heavy (non-hydrogen) atoms. The zero-order valence-electron chi connectivity index (χ0n) is 18.5. The van der Waals surface area contributed by atoms with Crippen LogP contribution in [0.3, 0.4) is 0 Å². The lowest BCUT2D eigenvalue weighted by atomic mass is 10.1. The first-order chi connectivity index (χ1) is 16.0. The third-order valence-electron chi connectivity index (χ3n) is 4.48. The number of aromatic nitrogens is 2. The molecule has 0 atom stereocenters. The molecule has 0 saturated heterocycles. The molecule has 0 aliphatic rings. The van der Waals surface area contributed by atoms with Crippen LogP contribution < -0.4 is 19.5 Å². The number of carbonyl (C=O) groups is 2. The van der Waals surface area contributed by atoms with Crippen LogP contribution in [0.5, 0.6) is 17.2 Å². The van der Waals surface area contributed by atoms with Crippen LogP contribution in [0, 0.1) is 0 Å². The molecule has 3 rings (SSSR count). The first-order valence-electron chi connectivity index (χ1n) is 9.69. The number of rotatable bonds is 10. The number of anilines is 1. The maximum atomic E-state index is 12.5. The number of benzene rings is 2. The molecule has 1 heterocycles. The van der Waals surface area contributed by atoms with Crippen molar-refractivity contribution >= 4 is 40.1 Å². The molecule has 0 aliphatic heterocycles. The molecule has 0 radical (unpaired) electrons. The van der Waals surface area contributed by atoms with Crippen LogP contribution in [-0.4, -0.2) is 50.5 Å². The third kappa shape index (κ3) is 6.36. The predicted octanol–water partition coefficient (Wildman–Crippen LogP) is 3.82. The summed E-state index contributed by atoms with van der Waals surface area (Å²) < 4.78 is 21.4. The molecule has 11 heteroatoms. The van der Waals surface area contributed by atoms with Gasteiger partial charge in [0.25, 0.3) is 0 Å². The smallest absolute Gasteiger partial charge is 0.337 e. The van der Waals surface area contributed by atoms with Gasteiger partial charge in [0.15, 0.2) is 15.8 Å². The van der Waals surface area contributed by atoms with Crippen molar-refractivity contribution in [3.05, 3.63) is 53.1 Å². The SMILES string of the molecule is COC(=O)c1ccc(CSc2nnc(NC(=O)Cc3cc(OC)c(OC)c(OC)c3)s2)cc1. The molecule has 174 valence electrons. The van der Waals surface area contributed by atoms with E-state index in [2.05, 4.69) is 15.5 Å². The Balaban J connectivity index is 1.57. The highest BCUT2D eigenvalue weighted by atomic mass is 32.2. The van der Waals surface area contributed by atoms with E-state index in [0.717, 1.165) is 9.90 Å². The summed E-state index contributed by atoms with van der Waals surface area (Å²) in [5, 5.41) is 11.3. The zero-order valence-corrected chi connectivity index (χ0v) is 20.2. The number of nitrogens with one attached hydrogen (secondary N) is 1. The lowest BCUT2D eigenvalue weighted by Crippen LogP contribution is -2.14. The number of thioether (sulfide) groups is 1. The van der Waals surface area contributed by atoms with Gasteiger partial charge in [-0.25, -0.2) is 4.79 Å². The normalized spacial score (nSPS) is 10.4.